The van der Waals surface area contributed by atoms with Crippen LogP contribution in [0.15, 0.2) is 54.6 Å². The summed E-state index contributed by atoms with van der Waals surface area (Å²) in [5, 5.41) is 8.84. The maximum atomic E-state index is 8.84. The highest BCUT2D eigenvalue weighted by Gasteiger charge is 1.97. The molecule has 0 aliphatic carbocycles. The third kappa shape index (κ3) is 7.02. The molecule has 0 aliphatic heterocycles. The molecule has 2 nitrogen and oxygen atoms in total. The quantitative estimate of drug-likeness (QED) is 0.541. The molecule has 120 valence electrons. The Morgan fingerprint density at radius 2 is 1.52 bits per heavy atom. The lowest BCUT2D eigenvalue weighted by atomic mass is 10.1. The molecule has 2 aromatic carbocycles. The van der Waals surface area contributed by atoms with Crippen LogP contribution in [0.4, 0.5) is 0 Å². The van der Waals surface area contributed by atoms with E-state index < -0.39 is 0 Å². The number of ether oxygens (including phenoxy) is 1. The van der Waals surface area contributed by atoms with E-state index in [0.29, 0.717) is 5.56 Å². The molecule has 0 aromatic heterocycles. The van der Waals surface area contributed by atoms with E-state index in [-0.39, 0.29) is 0 Å². The van der Waals surface area contributed by atoms with Gasteiger partial charge in [-0.15, -0.1) is 0 Å². The van der Waals surface area contributed by atoms with Crippen LogP contribution in [0.1, 0.15) is 49.7 Å². The van der Waals surface area contributed by atoms with Gasteiger partial charge in [-0.1, -0.05) is 62.1 Å². The molecule has 0 amide bonds. The van der Waals surface area contributed by atoms with Gasteiger partial charge >= 0.3 is 0 Å². The van der Waals surface area contributed by atoms with Gasteiger partial charge in [0.2, 0.25) is 0 Å². The minimum atomic E-state index is 0.654. The molecule has 2 rings (SSSR count). The van der Waals surface area contributed by atoms with Crippen molar-refractivity contribution in [1.29, 1.82) is 5.26 Å². The lowest BCUT2D eigenvalue weighted by Gasteiger charge is -2.06. The van der Waals surface area contributed by atoms with Crippen molar-refractivity contribution in [1.82, 2.24) is 0 Å². The maximum Gasteiger partial charge on any atom is 0.120 e. The van der Waals surface area contributed by atoms with E-state index in [4.69, 9.17) is 10.00 Å². The number of hydrogen-bond donors (Lipinski definition) is 0. The Kier molecular flexibility index (Phi) is 7.77. The van der Waals surface area contributed by atoms with Crippen LogP contribution in [0.25, 0.3) is 0 Å². The van der Waals surface area contributed by atoms with Crippen molar-refractivity contribution in [2.24, 2.45) is 0 Å². The van der Waals surface area contributed by atoms with Crippen LogP contribution in [0.5, 0.6) is 5.75 Å². The fourth-order valence-corrected chi connectivity index (χ4v) is 2.63. The van der Waals surface area contributed by atoms with Gasteiger partial charge in [-0.25, -0.2) is 0 Å². The molecule has 0 aliphatic rings. The van der Waals surface area contributed by atoms with E-state index in [1.54, 1.807) is 12.1 Å². The Labute approximate surface area is 139 Å². The molecule has 0 heterocycles. The van der Waals surface area contributed by atoms with E-state index >= 15 is 0 Å². The second-order valence-corrected chi connectivity index (χ2v) is 5.85. The minimum absolute atomic E-state index is 0.654. The van der Waals surface area contributed by atoms with Gasteiger partial charge in [0.25, 0.3) is 0 Å². The third-order valence-corrected chi connectivity index (χ3v) is 3.93. The molecular formula is C21H25NO. The zero-order valence-corrected chi connectivity index (χ0v) is 13.7. The van der Waals surface area contributed by atoms with Gasteiger partial charge in [-0.3, -0.25) is 0 Å². The number of aryl methyl sites for hydroxylation is 1. The number of unbranched alkanes of at least 4 members (excludes halogenated alkanes) is 5. The minimum Gasteiger partial charge on any atom is -0.494 e. The van der Waals surface area contributed by atoms with Gasteiger partial charge in [0, 0.05) is 0 Å². The molecule has 0 N–H and O–H groups in total. The highest BCUT2D eigenvalue weighted by molar-refractivity contribution is 5.36. The van der Waals surface area contributed by atoms with E-state index in [1.807, 2.05) is 12.1 Å². The number of hydrogen-bond acceptors (Lipinski definition) is 2. The summed E-state index contributed by atoms with van der Waals surface area (Å²) in [6.07, 6.45) is 8.65. The first-order valence-electron chi connectivity index (χ1n) is 8.55. The second-order valence-electron chi connectivity index (χ2n) is 5.85. The first-order chi connectivity index (χ1) is 11.4. The average Bonchev–Trinajstić information content (AvgIpc) is 2.61. The van der Waals surface area contributed by atoms with Crippen molar-refractivity contribution in [2.45, 2.75) is 44.9 Å². The summed E-state index contributed by atoms with van der Waals surface area (Å²) in [6, 6.07) is 20.2. The normalized spacial score (nSPS) is 10.2. The van der Waals surface area contributed by atoms with Crippen molar-refractivity contribution in [3.05, 3.63) is 65.7 Å². The molecule has 0 unspecified atom stereocenters. The summed E-state index contributed by atoms with van der Waals surface area (Å²) < 4.78 is 5.68. The predicted molar refractivity (Wildman–Crippen MR) is 94.5 cm³/mol. The van der Waals surface area contributed by atoms with Crippen molar-refractivity contribution in [2.75, 3.05) is 6.61 Å². The Morgan fingerprint density at radius 1 is 0.783 bits per heavy atom. The summed E-state index contributed by atoms with van der Waals surface area (Å²) in [4.78, 5) is 0. The van der Waals surface area contributed by atoms with Crippen molar-refractivity contribution in [3.8, 4) is 11.8 Å². The molecule has 0 atom stereocenters. The summed E-state index contributed by atoms with van der Waals surface area (Å²) >= 11 is 0. The Balaban J connectivity index is 1.46. The average molecular weight is 307 g/mol. The molecule has 23 heavy (non-hydrogen) atoms. The summed E-state index contributed by atoms with van der Waals surface area (Å²) in [7, 11) is 0. The van der Waals surface area contributed by atoms with Crippen LogP contribution >= 0.6 is 0 Å². The number of rotatable bonds is 10. The topological polar surface area (TPSA) is 33.0 Å². The van der Waals surface area contributed by atoms with Gasteiger partial charge in [0.05, 0.1) is 18.2 Å². The monoisotopic (exact) mass is 307 g/mol. The maximum absolute atomic E-state index is 8.84. The largest absolute Gasteiger partial charge is 0.494 e. The van der Waals surface area contributed by atoms with Crippen LogP contribution in [-0.2, 0) is 6.42 Å². The molecule has 0 saturated heterocycles. The SMILES string of the molecule is N#Cc1cccc(OCCCCCCCCc2ccccc2)c1. The van der Waals surface area contributed by atoms with Gasteiger partial charge in [-0.05, 0) is 43.0 Å². The van der Waals surface area contributed by atoms with Crippen molar-refractivity contribution < 1.29 is 4.74 Å². The summed E-state index contributed by atoms with van der Waals surface area (Å²) in [5.41, 5.74) is 2.10. The van der Waals surface area contributed by atoms with E-state index in [2.05, 4.69) is 36.4 Å². The van der Waals surface area contributed by atoms with Gasteiger partial charge in [0.1, 0.15) is 5.75 Å². The van der Waals surface area contributed by atoms with Gasteiger partial charge in [-0.2, -0.15) is 5.26 Å². The van der Waals surface area contributed by atoms with Crippen LogP contribution in [-0.4, -0.2) is 6.61 Å². The smallest absolute Gasteiger partial charge is 0.120 e. The lowest BCUT2D eigenvalue weighted by Crippen LogP contribution is -1.97. The zero-order chi connectivity index (χ0) is 16.2. The first-order valence-corrected chi connectivity index (χ1v) is 8.55. The second kappa shape index (κ2) is 10.5. The van der Waals surface area contributed by atoms with E-state index in [0.717, 1.165) is 18.8 Å². The fourth-order valence-electron chi connectivity index (χ4n) is 2.63. The predicted octanol–water partition coefficient (Wildman–Crippen LogP) is 5.52. The van der Waals surface area contributed by atoms with Crippen LogP contribution in [0, 0.1) is 11.3 Å². The molecule has 0 radical (unpaired) electrons. The molecule has 0 bridgehead atoms. The summed E-state index contributed by atoms with van der Waals surface area (Å²) in [5.74, 6) is 0.798. The number of benzene rings is 2. The van der Waals surface area contributed by atoms with E-state index in [1.165, 1.54) is 44.1 Å². The molecule has 0 spiro atoms. The zero-order valence-electron chi connectivity index (χ0n) is 13.7. The van der Waals surface area contributed by atoms with Crippen LogP contribution < -0.4 is 4.74 Å². The number of nitrogens with zero attached hydrogens (tertiary/aromatic N) is 1. The lowest BCUT2D eigenvalue weighted by molar-refractivity contribution is 0.304. The Hall–Kier alpha value is -2.27. The van der Waals surface area contributed by atoms with Crippen LogP contribution in [0.2, 0.25) is 0 Å². The molecule has 2 heteroatoms. The first kappa shape index (κ1) is 17.1. The van der Waals surface area contributed by atoms with Gasteiger partial charge < -0.3 is 4.74 Å². The summed E-state index contributed by atoms with van der Waals surface area (Å²) in [6.45, 7) is 0.735. The van der Waals surface area contributed by atoms with Gasteiger partial charge in [0.15, 0.2) is 0 Å². The Morgan fingerprint density at radius 3 is 2.30 bits per heavy atom. The van der Waals surface area contributed by atoms with E-state index in [9.17, 15) is 0 Å². The molecule has 0 saturated carbocycles. The molecule has 0 fully saturated rings. The van der Waals surface area contributed by atoms with Crippen LogP contribution in [0.3, 0.4) is 0 Å². The number of nitriles is 1. The molecular weight excluding hydrogens is 282 g/mol. The fraction of sp³-hybridized carbons (Fsp3) is 0.381. The van der Waals surface area contributed by atoms with Crippen molar-refractivity contribution in [3.63, 3.8) is 0 Å². The standard InChI is InChI=1S/C21H25NO/c22-18-20-14-10-15-21(17-20)23-16-9-4-2-1-3-6-11-19-12-7-5-8-13-19/h5,7-8,10,12-15,17H,1-4,6,9,11,16H2. The Bertz CT molecular complexity index is 601. The highest BCUT2D eigenvalue weighted by atomic mass is 16.5. The molecule has 2 aromatic rings. The van der Waals surface area contributed by atoms with Crippen molar-refractivity contribution >= 4 is 0 Å². The highest BCUT2D eigenvalue weighted by Crippen LogP contribution is 2.14. The third-order valence-electron chi connectivity index (χ3n) is 3.93.